The van der Waals surface area contributed by atoms with Gasteiger partial charge in [0.05, 0.1) is 0 Å². The summed E-state index contributed by atoms with van der Waals surface area (Å²) in [4.78, 5) is 0. The molecule has 0 saturated carbocycles. The second-order valence-corrected chi connectivity index (χ2v) is 2.21. The Labute approximate surface area is 115 Å². The van der Waals surface area contributed by atoms with E-state index in [1.165, 1.54) is 0 Å². The van der Waals surface area contributed by atoms with Gasteiger partial charge in [0.15, 0.2) is 0 Å². The Bertz CT molecular complexity index is 263. The van der Waals surface area contributed by atoms with Gasteiger partial charge in [-0.1, -0.05) is 36.9 Å². The molecule has 0 spiro atoms. The van der Waals surface area contributed by atoms with Gasteiger partial charge >= 0.3 is 58.5 Å². The summed E-state index contributed by atoms with van der Waals surface area (Å²) in [5.74, 6) is 0. The summed E-state index contributed by atoms with van der Waals surface area (Å²) in [6, 6.07) is 7.01. The molecule has 0 aliphatic carbocycles. The van der Waals surface area contributed by atoms with Gasteiger partial charge in [-0.3, -0.25) is 0 Å². The fourth-order valence-electron chi connectivity index (χ4n) is 0.932. The summed E-state index contributed by atoms with van der Waals surface area (Å²) in [6.07, 6.45) is 1.59. The van der Waals surface area contributed by atoms with Crippen molar-refractivity contribution >= 4 is 70.0 Å². The summed E-state index contributed by atoms with van der Waals surface area (Å²) < 4.78 is 0. The molecule has 0 fully saturated rings. The van der Waals surface area contributed by atoms with E-state index in [0.717, 1.165) is 5.56 Å². The van der Waals surface area contributed by atoms with Crippen molar-refractivity contribution in [2.75, 3.05) is 0 Å². The van der Waals surface area contributed by atoms with Crippen molar-refractivity contribution < 1.29 is 10.0 Å². The van der Waals surface area contributed by atoms with Gasteiger partial charge in [-0.15, -0.1) is 0 Å². The Hall–Kier alpha value is 0.581. The fraction of sp³-hybridized carbons (Fsp3) is 0. The topological polar surface area (TPSA) is 40.5 Å². The van der Waals surface area contributed by atoms with E-state index in [-0.39, 0.29) is 51.4 Å². The first kappa shape index (κ1) is 12.6. The Morgan fingerprint density at radius 3 is 2.25 bits per heavy atom. The predicted molar refractivity (Wildman–Crippen MR) is 53.5 cm³/mol. The van der Waals surface area contributed by atoms with E-state index < -0.39 is 7.12 Å². The van der Waals surface area contributed by atoms with Crippen LogP contribution in [0.5, 0.6) is 0 Å². The second-order valence-electron chi connectivity index (χ2n) is 2.21. The van der Waals surface area contributed by atoms with E-state index >= 15 is 0 Å². The molecule has 0 aliphatic rings. The third-order valence-electron chi connectivity index (χ3n) is 1.49. The van der Waals surface area contributed by atoms with Crippen molar-refractivity contribution in [3.05, 3.63) is 36.4 Å². The monoisotopic (exact) mass is 188 g/mol. The minimum atomic E-state index is -1.41. The quantitative estimate of drug-likeness (QED) is 0.606. The number of hydrogen-bond donors (Lipinski definition) is 2. The average molecular weight is 188 g/mol. The first-order valence-electron chi connectivity index (χ1n) is 3.33. The van der Waals surface area contributed by atoms with Crippen LogP contribution in [0.25, 0.3) is 6.08 Å². The van der Waals surface area contributed by atoms with Gasteiger partial charge in [0.1, 0.15) is 0 Å². The van der Waals surface area contributed by atoms with Crippen LogP contribution in [0.2, 0.25) is 0 Å². The standard InChI is InChI=1S/C8H9BO2.K.H/c1-2-7-5-3-4-6-8(7)9(10)11;;/h2-6,10-11H,1H2;;. The molecule has 12 heavy (non-hydrogen) atoms. The second kappa shape index (κ2) is 6.10. The first-order chi connectivity index (χ1) is 5.25. The van der Waals surface area contributed by atoms with Crippen LogP contribution in [0.15, 0.2) is 30.8 Å². The summed E-state index contributed by atoms with van der Waals surface area (Å²) >= 11 is 0. The minimum absolute atomic E-state index is 0. The van der Waals surface area contributed by atoms with Gasteiger partial charge in [0.25, 0.3) is 0 Å². The van der Waals surface area contributed by atoms with Crippen LogP contribution in [0, 0.1) is 0 Å². The molecule has 0 saturated heterocycles. The third kappa shape index (κ3) is 3.14. The van der Waals surface area contributed by atoms with Crippen molar-refractivity contribution in [2.24, 2.45) is 0 Å². The molecule has 0 heterocycles. The molecule has 0 amide bonds. The van der Waals surface area contributed by atoms with Crippen molar-refractivity contribution in [2.45, 2.75) is 0 Å². The zero-order valence-electron chi connectivity index (χ0n) is 6.07. The average Bonchev–Trinajstić information content (AvgIpc) is 2.04. The van der Waals surface area contributed by atoms with E-state index in [1.807, 2.05) is 6.07 Å². The Morgan fingerprint density at radius 2 is 1.83 bits per heavy atom. The molecular weight excluding hydrogens is 178 g/mol. The van der Waals surface area contributed by atoms with Gasteiger partial charge in [0.2, 0.25) is 0 Å². The van der Waals surface area contributed by atoms with E-state index in [2.05, 4.69) is 6.58 Å². The van der Waals surface area contributed by atoms with Gasteiger partial charge in [-0.25, -0.2) is 0 Å². The van der Waals surface area contributed by atoms with Crippen LogP contribution in [-0.4, -0.2) is 68.6 Å². The van der Waals surface area contributed by atoms with Crippen LogP contribution in [0.3, 0.4) is 0 Å². The Kier molecular flexibility index (Phi) is 6.39. The van der Waals surface area contributed by atoms with Gasteiger partial charge < -0.3 is 10.0 Å². The van der Waals surface area contributed by atoms with Crippen molar-refractivity contribution in [3.8, 4) is 0 Å². The third-order valence-corrected chi connectivity index (χ3v) is 1.49. The van der Waals surface area contributed by atoms with E-state index in [9.17, 15) is 0 Å². The van der Waals surface area contributed by atoms with Crippen molar-refractivity contribution in [3.63, 3.8) is 0 Å². The molecule has 4 heteroatoms. The van der Waals surface area contributed by atoms with Crippen LogP contribution in [0.1, 0.15) is 5.56 Å². The van der Waals surface area contributed by atoms with Crippen LogP contribution in [0.4, 0.5) is 0 Å². The van der Waals surface area contributed by atoms with Crippen molar-refractivity contribution in [1.29, 1.82) is 0 Å². The molecule has 2 nitrogen and oxygen atoms in total. The maximum atomic E-state index is 8.84. The number of benzene rings is 1. The molecule has 1 aromatic rings. The summed E-state index contributed by atoms with van der Waals surface area (Å²) in [5.41, 5.74) is 1.24. The van der Waals surface area contributed by atoms with Crippen LogP contribution in [-0.2, 0) is 0 Å². The Balaban J connectivity index is 0.00000121. The van der Waals surface area contributed by atoms with Crippen LogP contribution >= 0.6 is 0 Å². The van der Waals surface area contributed by atoms with Gasteiger partial charge in [-0.2, -0.15) is 0 Å². The van der Waals surface area contributed by atoms with E-state index in [0.29, 0.717) is 5.46 Å². The molecule has 0 unspecified atom stereocenters. The van der Waals surface area contributed by atoms with Crippen molar-refractivity contribution in [1.82, 2.24) is 0 Å². The van der Waals surface area contributed by atoms with Gasteiger partial charge in [0, 0.05) is 0 Å². The zero-order chi connectivity index (χ0) is 8.27. The summed E-state index contributed by atoms with van der Waals surface area (Å²) in [5, 5.41) is 17.7. The molecule has 0 aliphatic heterocycles. The van der Waals surface area contributed by atoms with Gasteiger partial charge in [-0.05, 0) is 11.0 Å². The molecule has 0 atom stereocenters. The fourth-order valence-corrected chi connectivity index (χ4v) is 0.932. The molecule has 1 aromatic carbocycles. The summed E-state index contributed by atoms with van der Waals surface area (Å²) in [6.45, 7) is 3.55. The first-order valence-corrected chi connectivity index (χ1v) is 3.33. The molecule has 0 aromatic heterocycles. The molecule has 0 bridgehead atoms. The number of hydrogen-bond acceptors (Lipinski definition) is 2. The van der Waals surface area contributed by atoms with E-state index in [1.54, 1.807) is 24.3 Å². The Morgan fingerprint density at radius 1 is 1.25 bits per heavy atom. The molecule has 0 radical (unpaired) electrons. The molecule has 58 valence electrons. The van der Waals surface area contributed by atoms with Crippen LogP contribution < -0.4 is 5.46 Å². The normalized spacial score (nSPS) is 8.50. The number of rotatable bonds is 2. The van der Waals surface area contributed by atoms with E-state index in [4.69, 9.17) is 10.0 Å². The SMILES string of the molecule is C=Cc1ccccc1B(O)O.[KH]. The molecular formula is C8H10BKO2. The maximum absolute atomic E-state index is 8.84. The molecule has 2 N–H and O–H groups in total. The summed E-state index contributed by atoms with van der Waals surface area (Å²) in [7, 11) is -1.41. The zero-order valence-corrected chi connectivity index (χ0v) is 6.07. The predicted octanol–water partition coefficient (Wildman–Crippen LogP) is -0.639. The molecule has 1 rings (SSSR count).